The zero-order valence-electron chi connectivity index (χ0n) is 13.5. The summed E-state index contributed by atoms with van der Waals surface area (Å²) in [6.07, 6.45) is 2.88. The summed E-state index contributed by atoms with van der Waals surface area (Å²) in [5, 5.41) is 4.95. The molecule has 2 N–H and O–H groups in total. The van der Waals surface area contributed by atoms with E-state index >= 15 is 0 Å². The number of carbonyl (C=O) groups excluding carboxylic acids is 1. The van der Waals surface area contributed by atoms with E-state index in [4.69, 9.17) is 0 Å². The molecular formula is C16H19N4O3S2. The van der Waals surface area contributed by atoms with Gasteiger partial charge >= 0.3 is 0 Å². The lowest BCUT2D eigenvalue weighted by Gasteiger charge is -2.28. The van der Waals surface area contributed by atoms with Crippen molar-refractivity contribution in [2.24, 2.45) is 0 Å². The Morgan fingerprint density at radius 3 is 2.68 bits per heavy atom. The molecule has 3 rings (SSSR count). The summed E-state index contributed by atoms with van der Waals surface area (Å²) in [6.45, 7) is 1.96. The summed E-state index contributed by atoms with van der Waals surface area (Å²) in [6, 6.07) is 8.43. The fourth-order valence-electron chi connectivity index (χ4n) is 2.63. The number of nitrogens with zero attached hydrogens (tertiary/aromatic N) is 2. The molecule has 2 aromatic rings. The van der Waals surface area contributed by atoms with E-state index < -0.39 is 16.3 Å². The monoisotopic (exact) mass is 379 g/mol. The lowest BCUT2D eigenvalue weighted by Crippen LogP contribution is -2.54. The molecule has 0 aliphatic carbocycles. The van der Waals surface area contributed by atoms with Crippen LogP contribution in [0.4, 0.5) is 0 Å². The van der Waals surface area contributed by atoms with E-state index in [1.54, 1.807) is 5.38 Å². The third kappa shape index (κ3) is 4.71. The summed E-state index contributed by atoms with van der Waals surface area (Å²) in [5.74, 6) is -0.339. The first-order valence-corrected chi connectivity index (χ1v) is 10.3. The molecule has 9 heteroatoms. The highest BCUT2D eigenvalue weighted by Crippen LogP contribution is 2.13. The summed E-state index contributed by atoms with van der Waals surface area (Å²) in [4.78, 5) is 16.6. The van der Waals surface area contributed by atoms with Crippen LogP contribution in [-0.4, -0.2) is 55.7 Å². The predicted octanol–water partition coefficient (Wildman–Crippen LogP) is 0.477. The van der Waals surface area contributed by atoms with Crippen molar-refractivity contribution in [1.82, 2.24) is 19.3 Å². The van der Waals surface area contributed by atoms with Crippen LogP contribution >= 0.6 is 11.3 Å². The predicted molar refractivity (Wildman–Crippen MR) is 95.7 cm³/mol. The average Bonchev–Trinajstić information content (AvgIpc) is 3.17. The van der Waals surface area contributed by atoms with Crippen molar-refractivity contribution in [3.05, 3.63) is 52.5 Å². The minimum absolute atomic E-state index is 0.254. The largest absolute Gasteiger partial charge is 0.314 e. The molecule has 0 unspecified atom stereocenters. The number of piperazine rings is 1. The molecule has 1 aliphatic rings. The van der Waals surface area contributed by atoms with E-state index in [1.165, 1.54) is 4.31 Å². The van der Waals surface area contributed by atoms with Crippen LogP contribution in [0, 0.1) is 6.20 Å². The van der Waals surface area contributed by atoms with Crippen LogP contribution in [0.5, 0.6) is 0 Å². The second-order valence-electron chi connectivity index (χ2n) is 5.66. The minimum Gasteiger partial charge on any atom is -0.314 e. The molecule has 25 heavy (non-hydrogen) atoms. The van der Waals surface area contributed by atoms with Crippen molar-refractivity contribution < 1.29 is 13.2 Å². The summed E-state index contributed by atoms with van der Waals surface area (Å²) in [7, 11) is -3.75. The second-order valence-corrected chi connectivity index (χ2v) is 8.22. The Morgan fingerprint density at radius 1 is 1.32 bits per heavy atom. The topological polar surface area (TPSA) is 91.4 Å². The Balaban J connectivity index is 1.81. The number of thiazole rings is 1. The van der Waals surface area contributed by atoms with E-state index in [9.17, 15) is 13.2 Å². The molecule has 0 saturated carbocycles. The van der Waals surface area contributed by atoms with E-state index in [0.29, 0.717) is 26.2 Å². The number of carbonyl (C=O) groups is 1. The normalized spacial score (nSPS) is 17.3. The molecule has 2 heterocycles. The van der Waals surface area contributed by atoms with Gasteiger partial charge in [-0.1, -0.05) is 30.3 Å². The summed E-state index contributed by atoms with van der Waals surface area (Å²) in [5.41, 5.74) is 0.879. The molecule has 1 aliphatic heterocycles. The maximum atomic E-state index is 12.7. The van der Waals surface area contributed by atoms with Crippen LogP contribution in [0.1, 0.15) is 15.4 Å². The average molecular weight is 379 g/mol. The molecule has 1 aromatic heterocycles. The molecule has 133 valence electrons. The van der Waals surface area contributed by atoms with Gasteiger partial charge < -0.3 is 5.32 Å². The second kappa shape index (κ2) is 8.15. The van der Waals surface area contributed by atoms with Crippen LogP contribution in [0.2, 0.25) is 0 Å². The molecule has 1 atom stereocenters. The molecule has 1 aromatic carbocycles. The maximum Gasteiger partial charge on any atom is 0.280 e. The van der Waals surface area contributed by atoms with Gasteiger partial charge in [0.25, 0.3) is 10.2 Å². The fourth-order valence-corrected chi connectivity index (χ4v) is 4.58. The number of hydrogen-bond donors (Lipinski definition) is 2. The van der Waals surface area contributed by atoms with Gasteiger partial charge in [0, 0.05) is 31.6 Å². The first kappa shape index (κ1) is 18.2. The smallest absolute Gasteiger partial charge is 0.280 e. The lowest BCUT2D eigenvalue weighted by atomic mass is 10.0. The van der Waals surface area contributed by atoms with Crippen molar-refractivity contribution in [1.29, 1.82) is 0 Å². The van der Waals surface area contributed by atoms with Gasteiger partial charge in [0.15, 0.2) is 5.01 Å². The molecule has 1 radical (unpaired) electrons. The van der Waals surface area contributed by atoms with Crippen LogP contribution in [0.3, 0.4) is 0 Å². The van der Waals surface area contributed by atoms with Crippen molar-refractivity contribution in [2.75, 3.05) is 26.2 Å². The number of ketones is 1. The van der Waals surface area contributed by atoms with Crippen LogP contribution in [0.15, 0.2) is 35.7 Å². The number of hydrogen-bond acceptors (Lipinski definition) is 6. The zero-order valence-corrected chi connectivity index (χ0v) is 15.1. The lowest BCUT2D eigenvalue weighted by molar-refractivity contribution is 0.0951. The van der Waals surface area contributed by atoms with E-state index in [0.717, 1.165) is 16.9 Å². The van der Waals surface area contributed by atoms with Gasteiger partial charge in [-0.05, 0) is 12.0 Å². The van der Waals surface area contributed by atoms with Crippen molar-refractivity contribution in [3.63, 3.8) is 0 Å². The third-order valence-corrected chi connectivity index (χ3v) is 6.27. The van der Waals surface area contributed by atoms with E-state index in [-0.39, 0.29) is 17.2 Å². The Bertz CT molecular complexity index is 788. The van der Waals surface area contributed by atoms with Crippen LogP contribution in [0.25, 0.3) is 0 Å². The van der Waals surface area contributed by atoms with Gasteiger partial charge in [-0.2, -0.15) is 17.4 Å². The third-order valence-electron chi connectivity index (χ3n) is 3.91. The van der Waals surface area contributed by atoms with Crippen molar-refractivity contribution in [2.45, 2.75) is 12.5 Å². The first-order chi connectivity index (χ1) is 12.1. The highest BCUT2D eigenvalue weighted by molar-refractivity contribution is 7.87. The Kier molecular flexibility index (Phi) is 5.92. The Labute approximate surface area is 151 Å². The van der Waals surface area contributed by atoms with Crippen molar-refractivity contribution in [3.8, 4) is 0 Å². The standard InChI is InChI=1S/C16H19N4O3S2/c21-15(16-18-8-11-24-16)14(12-13-4-2-1-3-5-13)19-25(22,23)20-9-6-17-7-10-20/h1-5,11,14,17,19H,6-7,9-10,12H2/t14-/m0/s1. The minimum atomic E-state index is -3.75. The molecule has 1 saturated heterocycles. The van der Waals surface area contributed by atoms with Gasteiger partial charge in [0.05, 0.1) is 6.04 Å². The van der Waals surface area contributed by atoms with Crippen molar-refractivity contribution >= 4 is 27.3 Å². The Morgan fingerprint density at radius 2 is 2.04 bits per heavy atom. The highest BCUT2D eigenvalue weighted by atomic mass is 32.2. The molecular weight excluding hydrogens is 360 g/mol. The zero-order chi connectivity index (χ0) is 17.7. The first-order valence-electron chi connectivity index (χ1n) is 7.94. The van der Waals surface area contributed by atoms with Gasteiger partial charge in [-0.3, -0.25) is 4.79 Å². The molecule has 0 spiro atoms. The summed E-state index contributed by atoms with van der Waals surface area (Å²) < 4.78 is 29.3. The van der Waals surface area contributed by atoms with Gasteiger partial charge in [-0.25, -0.2) is 4.98 Å². The SMILES string of the molecule is O=C(c1n[c]cs1)[C@H](Cc1ccccc1)NS(=O)(=O)N1CCNCC1. The van der Waals surface area contributed by atoms with E-state index in [1.807, 2.05) is 30.3 Å². The fraction of sp³-hybridized carbons (Fsp3) is 0.375. The number of benzene rings is 1. The van der Waals surface area contributed by atoms with Gasteiger partial charge in [-0.15, -0.1) is 11.3 Å². The maximum absolute atomic E-state index is 12.7. The quantitative estimate of drug-likeness (QED) is 0.683. The molecule has 1 fully saturated rings. The molecule has 7 nitrogen and oxygen atoms in total. The van der Waals surface area contributed by atoms with E-state index in [2.05, 4.69) is 21.2 Å². The van der Waals surface area contributed by atoms with Gasteiger partial charge in [0.1, 0.15) is 6.20 Å². The highest BCUT2D eigenvalue weighted by Gasteiger charge is 2.31. The number of nitrogens with one attached hydrogen (secondary N) is 2. The van der Waals surface area contributed by atoms with Gasteiger partial charge in [0.2, 0.25) is 5.78 Å². The Hall–Kier alpha value is -1.65. The summed E-state index contributed by atoms with van der Waals surface area (Å²) >= 11 is 1.16. The number of aromatic nitrogens is 1. The van der Waals surface area contributed by atoms with Crippen LogP contribution in [-0.2, 0) is 16.6 Å². The number of Topliss-reactive ketones (excluding diaryl/α,β-unsaturated/α-hetero) is 1. The molecule has 0 bridgehead atoms. The number of rotatable bonds is 7. The van der Waals surface area contributed by atoms with Crippen LogP contribution < -0.4 is 10.0 Å². The molecule has 0 amide bonds.